The van der Waals surface area contributed by atoms with Crippen LogP contribution in [-0.2, 0) is 34.2 Å². The first-order valence-corrected chi connectivity index (χ1v) is 19.8. The molecule has 2 saturated heterocycles. The quantitative estimate of drug-likeness (QED) is 0.0581. The molecule has 3 atom stereocenters. The largest absolute Gasteiger partial charge is 0.455 e. The molecule has 1 aromatic heterocycles. The summed E-state index contributed by atoms with van der Waals surface area (Å²) in [6, 6.07) is 29.5. The molecule has 2 N–H and O–H groups in total. The predicted octanol–water partition coefficient (Wildman–Crippen LogP) is 6.46. The van der Waals surface area contributed by atoms with Crippen LogP contribution >= 0.6 is 23.1 Å². The number of fused-ring (bicyclic) bond motifs is 1. The lowest BCUT2D eigenvalue weighted by Gasteiger charge is -2.50. The molecule has 0 aliphatic carbocycles. The molecule has 0 radical (unpaired) electrons. The van der Waals surface area contributed by atoms with Gasteiger partial charge in [0.1, 0.15) is 35.4 Å². The molecule has 280 valence electrons. The van der Waals surface area contributed by atoms with Crippen LogP contribution in [0.25, 0.3) is 0 Å². The number of thioether (sulfide) groups is 1. The van der Waals surface area contributed by atoms with Gasteiger partial charge in [-0.15, -0.1) is 11.8 Å². The van der Waals surface area contributed by atoms with E-state index in [9.17, 15) is 14.4 Å². The molecule has 0 unspecified atom stereocenters. The zero-order valence-electron chi connectivity index (χ0n) is 30.6. The smallest absolute Gasteiger partial charge is 0.355 e. The number of benzene rings is 3. The van der Waals surface area contributed by atoms with E-state index in [1.807, 2.05) is 54.6 Å². The third-order valence-electron chi connectivity index (χ3n) is 9.50. The lowest BCUT2D eigenvalue weighted by molar-refractivity contribution is -0.159. The summed E-state index contributed by atoms with van der Waals surface area (Å²) in [5.41, 5.74) is 2.35. The number of nitrogens with zero attached hydrogens (tertiary/aromatic N) is 3. The van der Waals surface area contributed by atoms with Crippen molar-refractivity contribution in [2.24, 2.45) is 5.16 Å². The van der Waals surface area contributed by atoms with Gasteiger partial charge in [-0.3, -0.25) is 14.5 Å². The highest BCUT2D eigenvalue weighted by atomic mass is 32.2. The van der Waals surface area contributed by atoms with Crippen LogP contribution in [0, 0.1) is 0 Å². The minimum Gasteiger partial charge on any atom is -0.455 e. The fourth-order valence-electron chi connectivity index (χ4n) is 7.10. The second-order valence-electron chi connectivity index (χ2n) is 14.2. The maximum atomic E-state index is 14.0. The van der Waals surface area contributed by atoms with Crippen molar-refractivity contribution in [1.29, 1.82) is 0 Å². The van der Waals surface area contributed by atoms with Gasteiger partial charge in [-0.1, -0.05) is 107 Å². The standard InChI is InChI=1S/C41H43N5O6S2/c1-40(2,3)52-38(49)34-29(30-22-14-15-23-51-30)25-53-37-33(36(48)46(34)37)43-35(47)32(45-50-4)31-24-42-39(54-31)44-41(26-16-8-5-9-17-26,27-18-10-6-11-19-27)28-20-12-7-13-21-28/h5-13,16-21,24,30,33,37H,14-15,22-23,25H2,1-4H3,(H,42,44)(H,43,47)/b45-32+/t30-,33-,37-/m1/s1. The van der Waals surface area contributed by atoms with E-state index < -0.39 is 40.3 Å². The van der Waals surface area contributed by atoms with Crippen molar-refractivity contribution in [3.05, 3.63) is 130 Å². The van der Waals surface area contributed by atoms with Crippen LogP contribution in [0.5, 0.6) is 0 Å². The Morgan fingerprint density at radius 2 is 1.54 bits per heavy atom. The molecule has 0 saturated carbocycles. The molecule has 4 aromatic rings. The van der Waals surface area contributed by atoms with E-state index in [1.54, 1.807) is 27.0 Å². The van der Waals surface area contributed by atoms with Crippen molar-refractivity contribution in [3.63, 3.8) is 0 Å². The van der Waals surface area contributed by atoms with Crippen LogP contribution in [0.2, 0.25) is 0 Å². The van der Waals surface area contributed by atoms with Crippen LogP contribution in [0.4, 0.5) is 5.13 Å². The van der Waals surface area contributed by atoms with Crippen LogP contribution < -0.4 is 10.6 Å². The average Bonchev–Trinajstić information content (AvgIpc) is 3.66. The number of oxime groups is 1. The predicted molar refractivity (Wildman–Crippen MR) is 210 cm³/mol. The van der Waals surface area contributed by atoms with E-state index in [-0.39, 0.29) is 17.5 Å². The van der Waals surface area contributed by atoms with E-state index >= 15 is 0 Å². The highest BCUT2D eigenvalue weighted by Crippen LogP contribution is 2.44. The van der Waals surface area contributed by atoms with E-state index in [1.165, 1.54) is 35.1 Å². The number of ether oxygens (including phenoxy) is 2. The Morgan fingerprint density at radius 1 is 0.926 bits per heavy atom. The number of carbonyl (C=O) groups is 3. The zero-order chi connectivity index (χ0) is 37.9. The Kier molecular flexibility index (Phi) is 10.9. The van der Waals surface area contributed by atoms with Crippen LogP contribution in [0.15, 0.2) is 114 Å². The molecule has 2 fully saturated rings. The first-order chi connectivity index (χ1) is 26.1. The molecule has 54 heavy (non-hydrogen) atoms. The summed E-state index contributed by atoms with van der Waals surface area (Å²) in [7, 11) is 1.36. The first-order valence-electron chi connectivity index (χ1n) is 18.0. The Bertz CT molecular complexity index is 1950. The number of aromatic nitrogens is 1. The number of nitrogens with one attached hydrogen (secondary N) is 2. The topological polar surface area (TPSA) is 131 Å². The fraction of sp³-hybridized carbons (Fsp3) is 0.341. The van der Waals surface area contributed by atoms with Crippen molar-refractivity contribution < 1.29 is 28.7 Å². The van der Waals surface area contributed by atoms with Crippen LogP contribution in [0.3, 0.4) is 0 Å². The molecule has 0 bridgehead atoms. The molecule has 7 rings (SSSR count). The van der Waals surface area contributed by atoms with Crippen LogP contribution in [-0.4, -0.2) is 76.0 Å². The fourth-order valence-corrected chi connectivity index (χ4v) is 9.36. The Hall–Kier alpha value is -4.98. The van der Waals surface area contributed by atoms with Crippen molar-refractivity contribution in [1.82, 2.24) is 15.2 Å². The second-order valence-corrected chi connectivity index (χ2v) is 16.4. The van der Waals surface area contributed by atoms with Gasteiger partial charge in [0, 0.05) is 18.6 Å². The van der Waals surface area contributed by atoms with Gasteiger partial charge in [0.05, 0.1) is 11.0 Å². The molecule has 4 heterocycles. The van der Waals surface area contributed by atoms with Crippen molar-refractivity contribution in [2.75, 3.05) is 24.8 Å². The third kappa shape index (κ3) is 7.40. The highest BCUT2D eigenvalue weighted by molar-refractivity contribution is 8.00. The summed E-state index contributed by atoms with van der Waals surface area (Å²) in [5, 5.41) is 10.7. The van der Waals surface area contributed by atoms with Gasteiger partial charge in [-0.05, 0) is 62.3 Å². The lowest BCUT2D eigenvalue weighted by Crippen LogP contribution is -2.71. The van der Waals surface area contributed by atoms with Gasteiger partial charge < -0.3 is 24.9 Å². The maximum absolute atomic E-state index is 14.0. The van der Waals surface area contributed by atoms with Gasteiger partial charge in [0.25, 0.3) is 11.8 Å². The number of amides is 2. The number of anilines is 1. The summed E-state index contributed by atoms with van der Waals surface area (Å²) in [6.45, 7) is 5.97. The van der Waals surface area contributed by atoms with Gasteiger partial charge in [0.2, 0.25) is 0 Å². The Morgan fingerprint density at radius 3 is 2.07 bits per heavy atom. The van der Waals surface area contributed by atoms with Gasteiger partial charge in [0.15, 0.2) is 10.8 Å². The summed E-state index contributed by atoms with van der Waals surface area (Å²) < 4.78 is 11.8. The Balaban J connectivity index is 1.15. The van der Waals surface area contributed by atoms with Gasteiger partial charge in [-0.25, -0.2) is 9.78 Å². The summed E-state index contributed by atoms with van der Waals surface area (Å²) in [4.78, 5) is 53.2. The number of rotatable bonds is 11. The van der Waals surface area contributed by atoms with E-state index in [0.717, 1.165) is 41.5 Å². The molecule has 3 aliphatic rings. The number of hydrogen-bond acceptors (Lipinski definition) is 11. The lowest BCUT2D eigenvalue weighted by atomic mass is 9.77. The minimum atomic E-state index is -0.900. The van der Waals surface area contributed by atoms with Gasteiger partial charge in [-0.2, -0.15) is 0 Å². The molecule has 3 aromatic carbocycles. The van der Waals surface area contributed by atoms with Crippen LogP contribution in [0.1, 0.15) is 61.6 Å². The number of β-lactam (4-membered cyclic amide) rings is 1. The summed E-state index contributed by atoms with van der Waals surface area (Å²) >= 11 is 2.73. The molecule has 11 nitrogen and oxygen atoms in total. The minimum absolute atomic E-state index is 0.0287. The number of thiazole rings is 1. The van der Waals surface area contributed by atoms with Crippen molar-refractivity contribution >= 4 is 51.7 Å². The number of esters is 1. The van der Waals surface area contributed by atoms with Crippen molar-refractivity contribution in [3.8, 4) is 0 Å². The van der Waals surface area contributed by atoms with Gasteiger partial charge >= 0.3 is 5.97 Å². The molecular formula is C41H43N5O6S2. The molecule has 0 spiro atoms. The molecule has 13 heteroatoms. The first kappa shape index (κ1) is 37.3. The monoisotopic (exact) mass is 765 g/mol. The van der Waals surface area contributed by atoms with E-state index in [4.69, 9.17) is 19.3 Å². The normalized spacial score (nSPS) is 20.4. The number of hydrogen-bond donors (Lipinski definition) is 2. The summed E-state index contributed by atoms with van der Waals surface area (Å²) in [6.07, 6.45) is 3.99. The second kappa shape index (κ2) is 15.8. The zero-order valence-corrected chi connectivity index (χ0v) is 32.2. The Labute approximate surface area is 323 Å². The SMILES string of the molecule is CO/N=C(/C(=O)N[C@@H]1C(=O)N2C(C(=O)OC(C)(C)C)=C([C@H]3CCCCO3)CS[C@H]12)c1cnc(NC(c2ccccc2)(c2ccccc2)c2ccccc2)s1. The maximum Gasteiger partial charge on any atom is 0.355 e. The summed E-state index contributed by atoms with van der Waals surface area (Å²) in [5.74, 6) is -1.11. The highest BCUT2D eigenvalue weighted by Gasteiger charge is 2.56. The molecule has 3 aliphatic heterocycles. The third-order valence-corrected chi connectivity index (χ3v) is 11.7. The van der Waals surface area contributed by atoms with E-state index in [2.05, 4.69) is 52.2 Å². The number of carbonyl (C=O) groups excluding carboxylic acids is 3. The average molecular weight is 766 g/mol. The molecule has 2 amide bonds. The molecular weight excluding hydrogens is 723 g/mol. The van der Waals surface area contributed by atoms with Crippen molar-refractivity contribution in [2.45, 2.75) is 68.7 Å². The van der Waals surface area contributed by atoms with E-state index in [0.29, 0.717) is 22.4 Å².